The second-order valence-corrected chi connectivity index (χ2v) is 24.3. The van der Waals surface area contributed by atoms with Crippen LogP contribution >= 0.6 is 11.6 Å². The first-order chi connectivity index (χ1) is 42.8. The van der Waals surface area contributed by atoms with Crippen LogP contribution in [0.5, 0.6) is 0 Å². The Kier molecular flexibility index (Phi) is 12.3. The summed E-state index contributed by atoms with van der Waals surface area (Å²) < 4.78 is 13.8. The van der Waals surface area contributed by atoms with Crippen molar-refractivity contribution in [3.8, 4) is 33.4 Å². The Hall–Kier alpha value is -10.5. The molecule has 3 aliphatic carbocycles. The lowest BCUT2D eigenvalue weighted by Gasteiger charge is -2.33. The number of halogens is 1. The lowest BCUT2D eigenvalue weighted by molar-refractivity contribution is 0.648. The Morgan fingerprint density at radius 1 is 0.307 bits per heavy atom. The van der Waals surface area contributed by atoms with Crippen molar-refractivity contribution in [2.24, 2.45) is 0 Å². The van der Waals surface area contributed by atoms with E-state index in [-0.39, 0.29) is 12.8 Å². The van der Waals surface area contributed by atoms with Crippen LogP contribution in [0.4, 0.5) is 17.1 Å². The SMILES string of the molecule is C.CC1(C)c2ccccc2-c2c(N(c3ccccc3)c3ccc4c(c3)oc3c(C5(c6ccccc6)c6ccccc6-c6ccccc65)cccc34)cccc21.Clc1ccc2c(c1)oc1c(C3(c4ccccc4)c4ccccc4-c4ccccc43)cccc12. The summed E-state index contributed by atoms with van der Waals surface area (Å²) in [6.45, 7) is 4.69. The molecule has 2 heterocycles. The highest BCUT2D eigenvalue weighted by Gasteiger charge is 2.49. The molecule has 420 valence electrons. The van der Waals surface area contributed by atoms with Crippen LogP contribution in [0.15, 0.2) is 312 Å². The van der Waals surface area contributed by atoms with E-state index in [0.717, 1.165) is 72.1 Å². The predicted octanol–water partition coefficient (Wildman–Crippen LogP) is 23.0. The Labute approximate surface area is 518 Å². The van der Waals surface area contributed by atoms with E-state index in [0.29, 0.717) is 5.02 Å². The first-order valence-electron chi connectivity index (χ1n) is 30.0. The summed E-state index contributed by atoms with van der Waals surface area (Å²) in [6.07, 6.45) is 0. The summed E-state index contributed by atoms with van der Waals surface area (Å²) >= 11 is 6.31. The fraction of sp³-hybridized carbons (Fsp3) is 0.0714. The molecule has 0 fully saturated rings. The van der Waals surface area contributed by atoms with Gasteiger partial charge in [0.05, 0.1) is 16.5 Å². The molecule has 4 heteroatoms. The van der Waals surface area contributed by atoms with E-state index in [1.54, 1.807) is 0 Å². The molecule has 0 radical (unpaired) electrons. The molecule has 0 aliphatic heterocycles. The maximum absolute atomic E-state index is 7.19. The molecular weight excluding hydrogens is 1090 g/mol. The van der Waals surface area contributed by atoms with Crippen LogP contribution < -0.4 is 4.90 Å². The molecule has 0 bridgehead atoms. The maximum Gasteiger partial charge on any atom is 0.140 e. The van der Waals surface area contributed by atoms with Gasteiger partial charge in [0.2, 0.25) is 0 Å². The van der Waals surface area contributed by atoms with Crippen LogP contribution in [0, 0.1) is 0 Å². The smallest absolute Gasteiger partial charge is 0.140 e. The van der Waals surface area contributed by atoms with Gasteiger partial charge >= 0.3 is 0 Å². The zero-order chi connectivity index (χ0) is 58.0. The largest absolute Gasteiger partial charge is 0.456 e. The average Bonchev–Trinajstić information content (AvgIpc) is 1.56. The van der Waals surface area contributed by atoms with E-state index in [1.807, 2.05) is 12.1 Å². The van der Waals surface area contributed by atoms with Crippen LogP contribution in [0.3, 0.4) is 0 Å². The molecule has 88 heavy (non-hydrogen) atoms. The molecule has 0 N–H and O–H groups in total. The zero-order valence-electron chi connectivity index (χ0n) is 48.0. The van der Waals surface area contributed by atoms with Gasteiger partial charge in [-0.3, -0.25) is 0 Å². The molecule has 2 aromatic heterocycles. The Balaban J connectivity index is 0.000000157. The molecule has 3 aliphatic rings. The van der Waals surface area contributed by atoms with Crippen molar-refractivity contribution in [3.05, 3.63) is 364 Å². The van der Waals surface area contributed by atoms with Crippen LogP contribution in [0.2, 0.25) is 5.02 Å². The molecule has 0 spiro atoms. The number of fused-ring (bicyclic) bond motifs is 15. The van der Waals surface area contributed by atoms with Crippen LogP contribution in [0.25, 0.3) is 77.3 Å². The van der Waals surface area contributed by atoms with Crippen LogP contribution in [0.1, 0.15) is 76.9 Å². The number of benzene rings is 13. The number of nitrogens with zero attached hydrogens (tertiary/aromatic N) is 1. The van der Waals surface area contributed by atoms with Gasteiger partial charge in [-0.2, -0.15) is 0 Å². The second kappa shape index (κ2) is 20.3. The van der Waals surface area contributed by atoms with Crippen molar-refractivity contribution < 1.29 is 8.83 Å². The van der Waals surface area contributed by atoms with E-state index in [1.165, 1.54) is 77.9 Å². The molecule has 0 amide bonds. The minimum absolute atomic E-state index is 0. The van der Waals surface area contributed by atoms with E-state index < -0.39 is 10.8 Å². The number of furan rings is 2. The van der Waals surface area contributed by atoms with Gasteiger partial charge in [-0.1, -0.05) is 282 Å². The van der Waals surface area contributed by atoms with E-state index in [9.17, 15) is 0 Å². The average molecular weight is 1150 g/mol. The standard InChI is InChI=1S/C52H37NO.C31H19ClO.CH4/c1-51(2)42-25-12-11-23-41(42)49-45(51)28-16-30-47(49)53(35-19-7-4-8-20-35)36-31-32-39-40-24-15-29-46(50(40)54-48(39)33-36)52(34-17-5-3-6-18-34)43-26-13-9-21-37(43)38-22-10-14-27-44(38)52;32-21-17-18-24-25-13-8-16-28(30(25)33-29(24)19-21)31(20-9-2-1-3-10-20)26-14-6-4-11-22(26)23-12-5-7-15-27(23)31;/h3-33H,1-2H3;1-19H;1H4. The van der Waals surface area contributed by atoms with Crippen molar-refractivity contribution in [1.29, 1.82) is 0 Å². The molecule has 15 aromatic rings. The third kappa shape index (κ3) is 7.50. The number of anilines is 3. The van der Waals surface area contributed by atoms with Gasteiger partial charge < -0.3 is 13.7 Å². The quantitative estimate of drug-likeness (QED) is 0.159. The molecule has 18 rings (SSSR count). The summed E-state index contributed by atoms with van der Waals surface area (Å²) in [5.41, 5.74) is 26.0. The highest BCUT2D eigenvalue weighted by Crippen LogP contribution is 2.60. The lowest BCUT2D eigenvalue weighted by Crippen LogP contribution is -2.28. The van der Waals surface area contributed by atoms with Gasteiger partial charge in [0, 0.05) is 72.2 Å². The maximum atomic E-state index is 7.19. The van der Waals surface area contributed by atoms with E-state index in [4.69, 9.17) is 20.4 Å². The Bertz CT molecular complexity index is 5140. The number of hydrogen-bond acceptors (Lipinski definition) is 3. The van der Waals surface area contributed by atoms with E-state index in [2.05, 4.69) is 310 Å². The normalized spacial score (nSPS) is 14.0. The molecule has 0 unspecified atom stereocenters. The minimum Gasteiger partial charge on any atom is -0.456 e. The van der Waals surface area contributed by atoms with Crippen LogP contribution in [-0.2, 0) is 16.2 Å². The number of hydrogen-bond donors (Lipinski definition) is 0. The first-order valence-corrected chi connectivity index (χ1v) is 30.4. The molecule has 0 saturated heterocycles. The highest BCUT2D eigenvalue weighted by atomic mass is 35.5. The number of rotatable bonds is 7. The van der Waals surface area contributed by atoms with Gasteiger partial charge in [0.1, 0.15) is 22.3 Å². The van der Waals surface area contributed by atoms with Gasteiger partial charge in [-0.25, -0.2) is 0 Å². The lowest BCUT2D eigenvalue weighted by atomic mass is 9.67. The third-order valence-corrected chi connectivity index (χ3v) is 19.4. The molecular formula is C84H60ClNO2. The monoisotopic (exact) mass is 1150 g/mol. The summed E-state index contributed by atoms with van der Waals surface area (Å²) in [5.74, 6) is 0. The number of para-hydroxylation sites is 3. The first kappa shape index (κ1) is 53.1. The molecule has 0 atom stereocenters. The predicted molar refractivity (Wildman–Crippen MR) is 366 cm³/mol. The van der Waals surface area contributed by atoms with Crippen molar-refractivity contribution in [3.63, 3.8) is 0 Å². The second-order valence-electron chi connectivity index (χ2n) is 23.8. The van der Waals surface area contributed by atoms with Crippen molar-refractivity contribution >= 4 is 72.5 Å². The summed E-state index contributed by atoms with van der Waals surface area (Å²) in [6, 6.07) is 109. The van der Waals surface area contributed by atoms with Crippen molar-refractivity contribution in [1.82, 2.24) is 0 Å². The van der Waals surface area contributed by atoms with Gasteiger partial charge in [0.25, 0.3) is 0 Å². The summed E-state index contributed by atoms with van der Waals surface area (Å²) in [4.78, 5) is 2.40. The molecule has 3 nitrogen and oxygen atoms in total. The van der Waals surface area contributed by atoms with Crippen LogP contribution in [-0.4, -0.2) is 0 Å². The van der Waals surface area contributed by atoms with Gasteiger partial charge in [-0.15, -0.1) is 0 Å². The fourth-order valence-electron chi connectivity index (χ4n) is 15.6. The topological polar surface area (TPSA) is 29.5 Å². The zero-order valence-corrected chi connectivity index (χ0v) is 48.8. The summed E-state index contributed by atoms with van der Waals surface area (Å²) in [5, 5.41) is 5.10. The van der Waals surface area contributed by atoms with E-state index >= 15 is 0 Å². The molecule has 0 saturated carbocycles. The Morgan fingerprint density at radius 2 is 0.693 bits per heavy atom. The Morgan fingerprint density at radius 3 is 1.19 bits per heavy atom. The fourth-order valence-corrected chi connectivity index (χ4v) is 15.7. The minimum atomic E-state index is -0.550. The van der Waals surface area contributed by atoms with Gasteiger partial charge in [-0.05, 0) is 115 Å². The molecule has 13 aromatic carbocycles. The van der Waals surface area contributed by atoms with Crippen molar-refractivity contribution in [2.45, 2.75) is 37.5 Å². The highest BCUT2D eigenvalue weighted by molar-refractivity contribution is 6.31. The van der Waals surface area contributed by atoms with Crippen molar-refractivity contribution in [2.75, 3.05) is 4.90 Å². The van der Waals surface area contributed by atoms with Gasteiger partial charge in [0.15, 0.2) is 0 Å². The third-order valence-electron chi connectivity index (χ3n) is 19.2. The summed E-state index contributed by atoms with van der Waals surface area (Å²) in [7, 11) is 0.